The molecule has 22 heavy (non-hydrogen) atoms. The van der Waals surface area contributed by atoms with E-state index in [-0.39, 0.29) is 0 Å². The summed E-state index contributed by atoms with van der Waals surface area (Å²) in [5.41, 5.74) is 2.55. The van der Waals surface area contributed by atoms with Crippen molar-refractivity contribution in [1.82, 2.24) is 19.5 Å². The summed E-state index contributed by atoms with van der Waals surface area (Å²) < 4.78 is 2.22. The largest absolute Gasteiger partial charge is 0.337 e. The van der Waals surface area contributed by atoms with Gasteiger partial charge in [-0.05, 0) is 25.0 Å². The first kappa shape index (κ1) is 13.5. The predicted molar refractivity (Wildman–Crippen MR) is 87.6 cm³/mol. The van der Waals surface area contributed by atoms with Crippen molar-refractivity contribution in [3.63, 3.8) is 0 Å². The topological polar surface area (TPSA) is 55.6 Å². The molecule has 6 heteroatoms. The van der Waals surface area contributed by atoms with Crippen molar-refractivity contribution < 1.29 is 0 Å². The molecule has 2 aromatic heterocycles. The van der Waals surface area contributed by atoms with Gasteiger partial charge < -0.3 is 9.88 Å². The van der Waals surface area contributed by atoms with Crippen LogP contribution >= 0.6 is 11.6 Å². The summed E-state index contributed by atoms with van der Waals surface area (Å²) in [5, 5.41) is 3.94. The number of nitrogens with zero attached hydrogens (tertiary/aromatic N) is 4. The number of nitrogens with one attached hydrogen (secondary N) is 1. The molecule has 0 aliphatic carbocycles. The zero-order valence-corrected chi connectivity index (χ0v) is 12.8. The zero-order chi connectivity index (χ0) is 14.9. The second kappa shape index (κ2) is 5.57. The summed E-state index contributed by atoms with van der Waals surface area (Å²) in [5.74, 6) is 1.81. The molecule has 3 heterocycles. The Labute approximate surface area is 133 Å². The number of fused-ring (bicyclic) bond motifs is 3. The first-order valence-electron chi connectivity index (χ1n) is 7.54. The number of rotatable bonds is 2. The molecule has 112 valence electrons. The third-order valence-electron chi connectivity index (χ3n) is 4.02. The Morgan fingerprint density at radius 2 is 2.00 bits per heavy atom. The van der Waals surface area contributed by atoms with Gasteiger partial charge in [-0.3, -0.25) is 0 Å². The van der Waals surface area contributed by atoms with Crippen molar-refractivity contribution in [2.75, 3.05) is 5.32 Å². The van der Waals surface area contributed by atoms with Gasteiger partial charge in [-0.15, -0.1) is 0 Å². The summed E-state index contributed by atoms with van der Waals surface area (Å²) >= 11 is 6.22. The van der Waals surface area contributed by atoms with Crippen LogP contribution < -0.4 is 5.32 Å². The molecule has 0 amide bonds. The molecule has 0 saturated carbocycles. The Morgan fingerprint density at radius 3 is 2.91 bits per heavy atom. The van der Waals surface area contributed by atoms with Crippen molar-refractivity contribution in [1.29, 1.82) is 0 Å². The molecule has 1 aromatic carbocycles. The fourth-order valence-electron chi connectivity index (χ4n) is 2.92. The maximum Gasteiger partial charge on any atom is 0.165 e. The van der Waals surface area contributed by atoms with Gasteiger partial charge in [0.25, 0.3) is 0 Å². The van der Waals surface area contributed by atoms with Crippen molar-refractivity contribution in [2.24, 2.45) is 0 Å². The molecule has 0 bridgehead atoms. The predicted octanol–water partition coefficient (Wildman–Crippen LogP) is 3.95. The first-order chi connectivity index (χ1) is 10.8. The zero-order valence-electron chi connectivity index (χ0n) is 12.1. The molecule has 5 nitrogen and oxygen atoms in total. The highest BCUT2D eigenvalue weighted by atomic mass is 35.5. The van der Waals surface area contributed by atoms with Crippen molar-refractivity contribution in [3.05, 3.63) is 41.4 Å². The minimum Gasteiger partial charge on any atom is -0.337 e. The number of anilines is 2. The van der Waals surface area contributed by atoms with E-state index in [0.29, 0.717) is 10.8 Å². The Balaban J connectivity index is 1.80. The smallest absolute Gasteiger partial charge is 0.165 e. The Kier molecular flexibility index (Phi) is 3.42. The minimum absolute atomic E-state index is 0.662. The van der Waals surface area contributed by atoms with Gasteiger partial charge >= 0.3 is 0 Å². The molecule has 0 atom stereocenters. The lowest BCUT2D eigenvalue weighted by Crippen LogP contribution is -2.02. The van der Waals surface area contributed by atoms with Crippen LogP contribution in [0.4, 0.5) is 11.5 Å². The average Bonchev–Trinajstić information content (AvgIpc) is 2.73. The molecule has 1 aliphatic heterocycles. The van der Waals surface area contributed by atoms with Crippen LogP contribution in [0.15, 0.2) is 30.6 Å². The minimum atomic E-state index is 0.662. The lowest BCUT2D eigenvalue weighted by atomic mass is 10.2. The lowest BCUT2D eigenvalue weighted by Gasteiger charge is -2.08. The number of imidazole rings is 1. The molecule has 0 spiro atoms. The van der Waals surface area contributed by atoms with Gasteiger partial charge in [-0.25, -0.2) is 15.0 Å². The van der Waals surface area contributed by atoms with E-state index in [1.807, 2.05) is 24.3 Å². The highest BCUT2D eigenvalue weighted by molar-refractivity contribution is 6.33. The maximum atomic E-state index is 6.22. The van der Waals surface area contributed by atoms with Gasteiger partial charge in [0, 0.05) is 13.0 Å². The van der Waals surface area contributed by atoms with Crippen LogP contribution in [0.5, 0.6) is 0 Å². The molecule has 0 saturated heterocycles. The molecule has 0 radical (unpaired) electrons. The van der Waals surface area contributed by atoms with E-state index < -0.39 is 0 Å². The summed E-state index contributed by atoms with van der Waals surface area (Å²) in [6.07, 6.45) is 6.20. The van der Waals surface area contributed by atoms with Crippen LogP contribution in [-0.4, -0.2) is 19.5 Å². The monoisotopic (exact) mass is 313 g/mol. The number of aromatic nitrogens is 4. The molecule has 0 unspecified atom stereocenters. The first-order valence-corrected chi connectivity index (χ1v) is 7.92. The van der Waals surface area contributed by atoms with Crippen LogP contribution in [-0.2, 0) is 13.0 Å². The molecule has 1 aliphatic rings. The number of benzene rings is 1. The normalized spacial score (nSPS) is 14.6. The van der Waals surface area contributed by atoms with Crippen LogP contribution in [0.25, 0.3) is 11.2 Å². The molecule has 0 fully saturated rings. The summed E-state index contributed by atoms with van der Waals surface area (Å²) in [4.78, 5) is 13.6. The fraction of sp³-hybridized carbons (Fsp3) is 0.312. The van der Waals surface area contributed by atoms with E-state index in [2.05, 4.69) is 19.9 Å². The maximum absolute atomic E-state index is 6.22. The SMILES string of the molecule is Clc1ccccc1Nc1ncnc2c1nc1n2CCCCC1. The summed E-state index contributed by atoms with van der Waals surface area (Å²) in [7, 11) is 0. The Hall–Kier alpha value is -2.14. The number of aryl methyl sites for hydroxylation is 2. The third-order valence-corrected chi connectivity index (χ3v) is 4.35. The summed E-state index contributed by atoms with van der Waals surface area (Å²) in [6, 6.07) is 7.62. The van der Waals surface area contributed by atoms with Crippen molar-refractivity contribution in [2.45, 2.75) is 32.2 Å². The van der Waals surface area contributed by atoms with Crippen LogP contribution in [0, 0.1) is 0 Å². The number of hydrogen-bond donors (Lipinski definition) is 1. The highest BCUT2D eigenvalue weighted by Crippen LogP contribution is 2.28. The molecular formula is C16H16ClN5. The van der Waals surface area contributed by atoms with Crippen LogP contribution in [0.2, 0.25) is 5.02 Å². The molecular weight excluding hydrogens is 298 g/mol. The Bertz CT molecular complexity index is 827. The lowest BCUT2D eigenvalue weighted by molar-refractivity contribution is 0.643. The van der Waals surface area contributed by atoms with Crippen molar-refractivity contribution in [3.8, 4) is 0 Å². The standard InChI is InChI=1S/C16H16ClN5/c17-11-6-3-4-7-12(11)20-15-14-16(19-10-18-15)22-9-5-1-2-8-13(22)21-14/h3-4,6-7,10H,1-2,5,8-9H2,(H,18,19,20). The second-order valence-corrected chi connectivity index (χ2v) is 5.90. The van der Waals surface area contributed by atoms with Gasteiger partial charge in [-0.2, -0.15) is 0 Å². The Morgan fingerprint density at radius 1 is 1.09 bits per heavy atom. The number of hydrogen-bond acceptors (Lipinski definition) is 4. The van der Waals surface area contributed by atoms with Gasteiger partial charge in [0.15, 0.2) is 17.0 Å². The quantitative estimate of drug-likeness (QED) is 0.778. The molecule has 3 aromatic rings. The van der Waals surface area contributed by atoms with Gasteiger partial charge in [-0.1, -0.05) is 30.2 Å². The van der Waals surface area contributed by atoms with E-state index >= 15 is 0 Å². The van der Waals surface area contributed by atoms with Crippen LogP contribution in [0.3, 0.4) is 0 Å². The van der Waals surface area contributed by atoms with E-state index in [9.17, 15) is 0 Å². The van der Waals surface area contributed by atoms with E-state index in [0.717, 1.165) is 35.6 Å². The number of para-hydroxylation sites is 1. The number of halogens is 1. The highest BCUT2D eigenvalue weighted by Gasteiger charge is 2.17. The fourth-order valence-corrected chi connectivity index (χ4v) is 3.10. The van der Waals surface area contributed by atoms with Gasteiger partial charge in [0.2, 0.25) is 0 Å². The summed E-state index contributed by atoms with van der Waals surface area (Å²) in [6.45, 7) is 0.981. The van der Waals surface area contributed by atoms with Crippen molar-refractivity contribution >= 4 is 34.3 Å². The average molecular weight is 314 g/mol. The van der Waals surface area contributed by atoms with E-state index in [1.54, 1.807) is 6.33 Å². The van der Waals surface area contributed by atoms with E-state index in [1.165, 1.54) is 19.3 Å². The van der Waals surface area contributed by atoms with E-state index in [4.69, 9.17) is 16.6 Å². The third kappa shape index (κ3) is 2.31. The van der Waals surface area contributed by atoms with Gasteiger partial charge in [0.1, 0.15) is 12.2 Å². The molecule has 1 N–H and O–H groups in total. The second-order valence-electron chi connectivity index (χ2n) is 5.49. The van der Waals surface area contributed by atoms with Gasteiger partial charge in [0.05, 0.1) is 10.7 Å². The molecule has 4 rings (SSSR count). The van der Waals surface area contributed by atoms with Crippen LogP contribution in [0.1, 0.15) is 25.1 Å².